The SMILES string of the molecule is CN1CCC(O/N=C/c2ccn3c(-c4cccc(NC(=O)NCC(F)(F)F)c4)cnc3c2)CC1. The van der Waals surface area contributed by atoms with Gasteiger partial charge in [-0.25, -0.2) is 9.78 Å². The molecule has 3 aromatic rings. The van der Waals surface area contributed by atoms with Crippen molar-refractivity contribution in [2.75, 3.05) is 32.0 Å². The first-order valence-electron chi connectivity index (χ1n) is 10.8. The number of likely N-dealkylation sites (tertiary alicyclic amines) is 1. The Balaban J connectivity index is 1.42. The van der Waals surface area contributed by atoms with Crippen LogP contribution in [0.25, 0.3) is 16.9 Å². The molecule has 1 saturated heterocycles. The number of carbonyl (C=O) groups is 1. The fourth-order valence-corrected chi connectivity index (χ4v) is 3.67. The third kappa shape index (κ3) is 6.25. The van der Waals surface area contributed by atoms with Crippen LogP contribution in [0.15, 0.2) is 53.9 Å². The average molecular weight is 474 g/mol. The summed E-state index contributed by atoms with van der Waals surface area (Å²) in [6.07, 6.45) is 2.77. The molecule has 2 N–H and O–H groups in total. The lowest BCUT2D eigenvalue weighted by Gasteiger charge is -2.27. The Hall–Kier alpha value is -3.60. The first-order chi connectivity index (χ1) is 16.3. The maximum absolute atomic E-state index is 12.3. The molecule has 0 saturated carbocycles. The van der Waals surface area contributed by atoms with Gasteiger partial charge in [0.25, 0.3) is 0 Å². The number of hydrogen-bond acceptors (Lipinski definition) is 5. The van der Waals surface area contributed by atoms with Crippen LogP contribution in [0.2, 0.25) is 0 Å². The lowest BCUT2D eigenvalue weighted by atomic mass is 10.1. The summed E-state index contributed by atoms with van der Waals surface area (Å²) in [5, 5.41) is 8.33. The third-order valence-corrected chi connectivity index (χ3v) is 5.48. The monoisotopic (exact) mass is 474 g/mol. The predicted octanol–water partition coefficient (Wildman–Crippen LogP) is 4.13. The van der Waals surface area contributed by atoms with E-state index in [1.54, 1.807) is 35.9 Å². The summed E-state index contributed by atoms with van der Waals surface area (Å²) in [7, 11) is 2.09. The number of oxime groups is 1. The molecule has 1 aliphatic heterocycles. The second kappa shape index (κ2) is 10.1. The van der Waals surface area contributed by atoms with Crippen molar-refractivity contribution in [2.24, 2.45) is 5.16 Å². The number of fused-ring (bicyclic) bond motifs is 1. The number of hydrogen-bond donors (Lipinski definition) is 2. The molecule has 4 rings (SSSR count). The van der Waals surface area contributed by atoms with Crippen molar-refractivity contribution < 1.29 is 22.8 Å². The molecule has 8 nitrogen and oxygen atoms in total. The van der Waals surface area contributed by atoms with Crippen LogP contribution < -0.4 is 10.6 Å². The summed E-state index contributed by atoms with van der Waals surface area (Å²) < 4.78 is 38.7. The number of aromatic nitrogens is 2. The number of benzene rings is 1. The number of pyridine rings is 1. The Kier molecular flexibility index (Phi) is 7.01. The Morgan fingerprint density at radius 1 is 1.26 bits per heavy atom. The van der Waals surface area contributed by atoms with Crippen LogP contribution in [0.3, 0.4) is 0 Å². The number of alkyl halides is 3. The molecule has 34 heavy (non-hydrogen) atoms. The van der Waals surface area contributed by atoms with E-state index in [1.807, 2.05) is 28.8 Å². The summed E-state index contributed by atoms with van der Waals surface area (Å²) >= 11 is 0. The first kappa shape index (κ1) is 23.6. The zero-order valence-electron chi connectivity index (χ0n) is 18.5. The fourth-order valence-electron chi connectivity index (χ4n) is 3.67. The van der Waals surface area contributed by atoms with Crippen molar-refractivity contribution in [2.45, 2.75) is 25.1 Å². The highest BCUT2D eigenvalue weighted by Crippen LogP contribution is 2.24. The van der Waals surface area contributed by atoms with E-state index in [0.29, 0.717) is 11.3 Å². The number of anilines is 1. The van der Waals surface area contributed by atoms with Crippen molar-refractivity contribution in [3.05, 3.63) is 54.4 Å². The average Bonchev–Trinajstić information content (AvgIpc) is 3.22. The Bertz CT molecular complexity index is 1170. The number of amides is 2. The summed E-state index contributed by atoms with van der Waals surface area (Å²) in [6, 6.07) is 9.62. The molecule has 0 radical (unpaired) electrons. The molecule has 1 aliphatic rings. The van der Waals surface area contributed by atoms with Crippen LogP contribution in [0.4, 0.5) is 23.7 Å². The van der Waals surface area contributed by atoms with Gasteiger partial charge in [0.15, 0.2) is 0 Å². The number of piperidine rings is 1. The minimum atomic E-state index is -4.47. The topological polar surface area (TPSA) is 83.3 Å². The van der Waals surface area contributed by atoms with Gasteiger partial charge in [-0.3, -0.25) is 4.40 Å². The highest BCUT2D eigenvalue weighted by Gasteiger charge is 2.27. The second-order valence-electron chi connectivity index (χ2n) is 8.18. The van der Waals surface area contributed by atoms with Gasteiger partial charge >= 0.3 is 12.2 Å². The van der Waals surface area contributed by atoms with E-state index in [4.69, 9.17) is 4.84 Å². The standard InChI is InChI=1S/C23H25F3N6O2/c1-31-8-6-19(7-9-31)34-29-13-16-5-10-32-20(14-27-21(32)11-16)17-3-2-4-18(12-17)30-22(33)28-15-23(24,25)26/h2-5,10-14,19H,6-9,15H2,1H3,(H2,28,30,33)/b29-13+. The lowest BCUT2D eigenvalue weighted by Crippen LogP contribution is -2.36. The van der Waals surface area contributed by atoms with Gasteiger partial charge in [-0.15, -0.1) is 0 Å². The third-order valence-electron chi connectivity index (χ3n) is 5.48. The van der Waals surface area contributed by atoms with Crippen molar-refractivity contribution in [1.82, 2.24) is 19.6 Å². The fraction of sp³-hybridized carbons (Fsp3) is 0.348. The summed E-state index contributed by atoms with van der Waals surface area (Å²) in [6.45, 7) is 0.594. The molecule has 0 spiro atoms. The van der Waals surface area contributed by atoms with Gasteiger partial charge in [0.1, 0.15) is 18.3 Å². The van der Waals surface area contributed by atoms with Crippen molar-refractivity contribution in [3.8, 4) is 11.3 Å². The van der Waals surface area contributed by atoms with Crippen LogP contribution in [0, 0.1) is 0 Å². The molecule has 180 valence electrons. The minimum Gasteiger partial charge on any atom is -0.392 e. The van der Waals surface area contributed by atoms with Crippen LogP contribution in [0.1, 0.15) is 18.4 Å². The van der Waals surface area contributed by atoms with Crippen LogP contribution >= 0.6 is 0 Å². The number of halogens is 3. The van der Waals surface area contributed by atoms with Crippen molar-refractivity contribution in [1.29, 1.82) is 0 Å². The van der Waals surface area contributed by atoms with Gasteiger partial charge in [-0.1, -0.05) is 17.3 Å². The second-order valence-corrected chi connectivity index (χ2v) is 8.18. The Labute approximate surface area is 194 Å². The minimum absolute atomic E-state index is 0.130. The van der Waals surface area contributed by atoms with E-state index in [2.05, 4.69) is 27.4 Å². The van der Waals surface area contributed by atoms with Gasteiger partial charge in [0, 0.05) is 36.1 Å². The lowest BCUT2D eigenvalue weighted by molar-refractivity contribution is -0.122. The number of carbonyl (C=O) groups excluding carboxylic acids is 1. The number of imidazole rings is 1. The predicted molar refractivity (Wildman–Crippen MR) is 123 cm³/mol. The molecule has 2 aromatic heterocycles. The molecule has 1 fully saturated rings. The zero-order chi connectivity index (χ0) is 24.1. The largest absolute Gasteiger partial charge is 0.405 e. The van der Waals surface area contributed by atoms with Crippen molar-refractivity contribution in [3.63, 3.8) is 0 Å². The van der Waals surface area contributed by atoms with Crippen LogP contribution in [-0.2, 0) is 4.84 Å². The molecule has 0 bridgehead atoms. The normalized spacial score (nSPS) is 15.6. The van der Waals surface area contributed by atoms with E-state index in [0.717, 1.165) is 42.8 Å². The first-order valence-corrected chi connectivity index (χ1v) is 10.8. The Morgan fingerprint density at radius 2 is 2.06 bits per heavy atom. The van der Waals surface area contributed by atoms with E-state index in [1.165, 1.54) is 0 Å². The summed E-state index contributed by atoms with van der Waals surface area (Å²) in [4.78, 5) is 24.1. The molecule has 1 aromatic carbocycles. The van der Waals surface area contributed by atoms with E-state index < -0.39 is 18.8 Å². The highest BCUT2D eigenvalue weighted by molar-refractivity contribution is 5.90. The number of rotatable bonds is 6. The highest BCUT2D eigenvalue weighted by atomic mass is 19.4. The number of urea groups is 1. The maximum atomic E-state index is 12.3. The molecule has 0 atom stereocenters. The molecule has 0 unspecified atom stereocenters. The molecule has 3 heterocycles. The van der Waals surface area contributed by atoms with Crippen molar-refractivity contribution >= 4 is 23.6 Å². The zero-order valence-corrected chi connectivity index (χ0v) is 18.5. The number of nitrogens with zero attached hydrogens (tertiary/aromatic N) is 4. The van der Waals surface area contributed by atoms with Gasteiger partial charge in [-0.05, 0) is 44.2 Å². The maximum Gasteiger partial charge on any atom is 0.405 e. The van der Waals surface area contributed by atoms with Gasteiger partial charge < -0.3 is 20.4 Å². The molecular weight excluding hydrogens is 449 g/mol. The van der Waals surface area contributed by atoms with Crippen LogP contribution in [0.5, 0.6) is 0 Å². The van der Waals surface area contributed by atoms with Gasteiger partial charge in [-0.2, -0.15) is 13.2 Å². The molecule has 0 aliphatic carbocycles. The summed E-state index contributed by atoms with van der Waals surface area (Å²) in [5.74, 6) is 0. The quantitative estimate of drug-likeness (QED) is 0.416. The summed E-state index contributed by atoms with van der Waals surface area (Å²) in [5.41, 5.74) is 3.41. The smallest absolute Gasteiger partial charge is 0.392 e. The number of nitrogens with one attached hydrogen (secondary N) is 2. The van der Waals surface area contributed by atoms with E-state index in [-0.39, 0.29) is 6.10 Å². The van der Waals surface area contributed by atoms with E-state index >= 15 is 0 Å². The van der Waals surface area contributed by atoms with Gasteiger partial charge in [0.2, 0.25) is 0 Å². The van der Waals surface area contributed by atoms with Crippen LogP contribution in [-0.4, -0.2) is 65.5 Å². The molecule has 2 amide bonds. The van der Waals surface area contributed by atoms with Gasteiger partial charge in [0.05, 0.1) is 18.1 Å². The molecular formula is C23H25F3N6O2. The Morgan fingerprint density at radius 3 is 2.82 bits per heavy atom. The molecule has 11 heteroatoms. The van der Waals surface area contributed by atoms with E-state index in [9.17, 15) is 18.0 Å².